The first kappa shape index (κ1) is 13.2. The third kappa shape index (κ3) is 3.36. The van der Waals surface area contributed by atoms with Gasteiger partial charge < -0.3 is 10.1 Å². The highest BCUT2D eigenvalue weighted by Crippen LogP contribution is 2.22. The molecule has 1 fully saturated rings. The lowest BCUT2D eigenvalue weighted by atomic mass is 9.94. The fourth-order valence-corrected chi connectivity index (χ4v) is 2.50. The number of hydrogen-bond acceptors (Lipinski definition) is 2. The van der Waals surface area contributed by atoms with Gasteiger partial charge in [-0.2, -0.15) is 0 Å². The van der Waals surface area contributed by atoms with Crippen molar-refractivity contribution >= 4 is 6.08 Å². The highest BCUT2D eigenvalue weighted by Gasteiger charge is 2.15. The van der Waals surface area contributed by atoms with Crippen molar-refractivity contribution in [2.24, 2.45) is 5.92 Å². The van der Waals surface area contributed by atoms with Crippen molar-refractivity contribution in [3.8, 4) is 5.75 Å². The van der Waals surface area contributed by atoms with Crippen LogP contribution in [0.5, 0.6) is 5.75 Å². The molecule has 1 N–H and O–H groups in total. The number of aryl methyl sites for hydroxylation is 1. The largest absolute Gasteiger partial charge is 0.496 e. The zero-order valence-electron chi connectivity index (χ0n) is 11.6. The SMILES string of the molecule is COc1ccc(C)cc1/C=C/C1CC(C)CCN1. The van der Waals surface area contributed by atoms with E-state index in [1.54, 1.807) is 7.11 Å². The molecule has 2 heteroatoms. The zero-order valence-corrected chi connectivity index (χ0v) is 11.6. The fraction of sp³-hybridized carbons (Fsp3) is 0.500. The normalized spacial score (nSPS) is 24.4. The number of piperidine rings is 1. The van der Waals surface area contributed by atoms with E-state index < -0.39 is 0 Å². The third-order valence-electron chi connectivity index (χ3n) is 3.59. The van der Waals surface area contributed by atoms with Gasteiger partial charge in [-0.3, -0.25) is 0 Å². The van der Waals surface area contributed by atoms with Gasteiger partial charge in [0.05, 0.1) is 7.11 Å². The van der Waals surface area contributed by atoms with E-state index in [-0.39, 0.29) is 0 Å². The van der Waals surface area contributed by atoms with Gasteiger partial charge >= 0.3 is 0 Å². The van der Waals surface area contributed by atoms with Gasteiger partial charge in [0, 0.05) is 11.6 Å². The Bertz CT molecular complexity index is 425. The van der Waals surface area contributed by atoms with E-state index in [2.05, 4.69) is 43.4 Å². The Morgan fingerprint density at radius 3 is 2.94 bits per heavy atom. The first-order valence-electron chi connectivity index (χ1n) is 6.75. The van der Waals surface area contributed by atoms with E-state index in [1.165, 1.54) is 18.4 Å². The summed E-state index contributed by atoms with van der Waals surface area (Å²) in [7, 11) is 1.73. The van der Waals surface area contributed by atoms with Gasteiger partial charge in [-0.25, -0.2) is 0 Å². The van der Waals surface area contributed by atoms with E-state index in [0.29, 0.717) is 6.04 Å². The molecule has 0 saturated carbocycles. The van der Waals surface area contributed by atoms with E-state index >= 15 is 0 Å². The van der Waals surface area contributed by atoms with Crippen LogP contribution in [0, 0.1) is 12.8 Å². The van der Waals surface area contributed by atoms with Gasteiger partial charge in [0.25, 0.3) is 0 Å². The Hall–Kier alpha value is -1.28. The van der Waals surface area contributed by atoms with Gasteiger partial charge in [-0.15, -0.1) is 0 Å². The highest BCUT2D eigenvalue weighted by molar-refractivity contribution is 5.58. The number of hydrogen-bond donors (Lipinski definition) is 1. The summed E-state index contributed by atoms with van der Waals surface area (Å²) in [6.45, 7) is 5.56. The van der Waals surface area contributed by atoms with Crippen LogP contribution < -0.4 is 10.1 Å². The van der Waals surface area contributed by atoms with Gasteiger partial charge in [0.15, 0.2) is 0 Å². The monoisotopic (exact) mass is 245 g/mol. The van der Waals surface area contributed by atoms with Gasteiger partial charge in [0.2, 0.25) is 0 Å². The smallest absolute Gasteiger partial charge is 0.126 e. The molecule has 1 heterocycles. The summed E-state index contributed by atoms with van der Waals surface area (Å²) in [4.78, 5) is 0. The Labute approximate surface area is 110 Å². The van der Waals surface area contributed by atoms with Crippen molar-refractivity contribution in [2.75, 3.05) is 13.7 Å². The maximum absolute atomic E-state index is 5.39. The van der Waals surface area contributed by atoms with Crippen molar-refractivity contribution in [3.63, 3.8) is 0 Å². The van der Waals surface area contributed by atoms with Crippen molar-refractivity contribution < 1.29 is 4.74 Å². The number of ether oxygens (including phenoxy) is 1. The number of methoxy groups -OCH3 is 1. The minimum absolute atomic E-state index is 0.499. The summed E-state index contributed by atoms with van der Waals surface area (Å²) in [5, 5.41) is 3.54. The summed E-state index contributed by atoms with van der Waals surface area (Å²) in [6.07, 6.45) is 6.97. The van der Waals surface area contributed by atoms with E-state index in [1.807, 2.05) is 6.07 Å². The van der Waals surface area contributed by atoms with Crippen molar-refractivity contribution in [1.82, 2.24) is 5.32 Å². The Morgan fingerprint density at radius 1 is 1.39 bits per heavy atom. The lowest BCUT2D eigenvalue weighted by Gasteiger charge is -2.25. The first-order chi connectivity index (χ1) is 8.69. The lowest BCUT2D eigenvalue weighted by Crippen LogP contribution is -2.35. The summed E-state index contributed by atoms with van der Waals surface area (Å²) in [6, 6.07) is 6.78. The standard InChI is InChI=1S/C16H23NO/c1-12-4-7-16(18-3)14(10-12)5-6-15-11-13(2)8-9-17-15/h4-7,10,13,15,17H,8-9,11H2,1-3H3/b6-5+. The molecular weight excluding hydrogens is 222 g/mol. The maximum atomic E-state index is 5.39. The molecule has 0 aromatic heterocycles. The summed E-state index contributed by atoms with van der Waals surface area (Å²) < 4.78 is 5.39. The molecule has 0 bridgehead atoms. The summed E-state index contributed by atoms with van der Waals surface area (Å²) in [5.74, 6) is 1.76. The van der Waals surface area contributed by atoms with Crippen LogP contribution in [0.4, 0.5) is 0 Å². The van der Waals surface area contributed by atoms with Crippen molar-refractivity contribution in [2.45, 2.75) is 32.7 Å². The minimum Gasteiger partial charge on any atom is -0.496 e. The molecule has 1 aliphatic rings. The minimum atomic E-state index is 0.499. The van der Waals surface area contributed by atoms with Gasteiger partial charge in [0.1, 0.15) is 5.75 Å². The van der Waals surface area contributed by atoms with Crippen LogP contribution in [-0.4, -0.2) is 19.7 Å². The van der Waals surface area contributed by atoms with Crippen LogP contribution in [0.1, 0.15) is 30.9 Å². The molecule has 2 atom stereocenters. The first-order valence-corrected chi connectivity index (χ1v) is 6.75. The molecule has 98 valence electrons. The quantitative estimate of drug-likeness (QED) is 0.881. The second-order valence-corrected chi connectivity index (χ2v) is 5.29. The second kappa shape index (κ2) is 6.05. The van der Waals surface area contributed by atoms with E-state index in [4.69, 9.17) is 4.74 Å². The van der Waals surface area contributed by atoms with Crippen LogP contribution in [0.3, 0.4) is 0 Å². The molecule has 0 aliphatic carbocycles. The van der Waals surface area contributed by atoms with Crippen LogP contribution >= 0.6 is 0 Å². The lowest BCUT2D eigenvalue weighted by molar-refractivity contribution is 0.357. The molecular formula is C16H23NO. The van der Waals surface area contributed by atoms with Gasteiger partial charge in [-0.05, 0) is 44.4 Å². The van der Waals surface area contributed by atoms with Crippen LogP contribution in [0.2, 0.25) is 0 Å². The summed E-state index contributed by atoms with van der Waals surface area (Å²) >= 11 is 0. The topological polar surface area (TPSA) is 21.3 Å². The Balaban J connectivity index is 2.10. The molecule has 2 rings (SSSR count). The second-order valence-electron chi connectivity index (χ2n) is 5.29. The molecule has 1 aliphatic heterocycles. The van der Waals surface area contributed by atoms with Crippen molar-refractivity contribution in [3.05, 3.63) is 35.4 Å². The Kier molecular flexibility index (Phi) is 4.43. The molecule has 1 aromatic carbocycles. The molecule has 2 unspecified atom stereocenters. The van der Waals surface area contributed by atoms with Gasteiger partial charge in [-0.1, -0.05) is 30.7 Å². The average molecular weight is 245 g/mol. The van der Waals surface area contributed by atoms with E-state index in [0.717, 1.165) is 23.8 Å². The maximum Gasteiger partial charge on any atom is 0.126 e. The van der Waals surface area contributed by atoms with E-state index in [9.17, 15) is 0 Å². The molecule has 18 heavy (non-hydrogen) atoms. The predicted octanol–water partition coefficient (Wildman–Crippen LogP) is 3.40. The Morgan fingerprint density at radius 2 is 2.22 bits per heavy atom. The molecule has 0 spiro atoms. The summed E-state index contributed by atoms with van der Waals surface area (Å²) in [5.41, 5.74) is 2.43. The van der Waals surface area contributed by atoms with Crippen LogP contribution in [0.25, 0.3) is 6.08 Å². The molecule has 1 aromatic rings. The van der Waals surface area contributed by atoms with Crippen molar-refractivity contribution in [1.29, 1.82) is 0 Å². The van der Waals surface area contributed by atoms with Crippen LogP contribution in [-0.2, 0) is 0 Å². The number of rotatable bonds is 3. The predicted molar refractivity (Wildman–Crippen MR) is 77.0 cm³/mol. The molecule has 0 radical (unpaired) electrons. The number of nitrogens with one attached hydrogen (secondary N) is 1. The molecule has 2 nitrogen and oxygen atoms in total. The molecule has 1 saturated heterocycles. The third-order valence-corrected chi connectivity index (χ3v) is 3.59. The molecule has 0 amide bonds. The number of benzene rings is 1. The fourth-order valence-electron chi connectivity index (χ4n) is 2.50. The zero-order chi connectivity index (χ0) is 13.0. The average Bonchev–Trinajstić information content (AvgIpc) is 2.37. The van der Waals surface area contributed by atoms with Crippen LogP contribution in [0.15, 0.2) is 24.3 Å². The highest BCUT2D eigenvalue weighted by atomic mass is 16.5.